The van der Waals surface area contributed by atoms with Crippen LogP contribution in [-0.2, 0) is 24.9 Å². The number of halogens is 1. The van der Waals surface area contributed by atoms with Crippen molar-refractivity contribution in [1.82, 2.24) is 4.98 Å². The number of allylic oxidation sites excluding steroid dienone is 2. The Kier molecular flexibility index (Phi) is 8.30. The van der Waals surface area contributed by atoms with Gasteiger partial charge in [0.05, 0.1) is 5.76 Å². The number of aromatic nitrogens is 1. The number of ketones is 1. The fourth-order valence-corrected chi connectivity index (χ4v) is 2.38. The van der Waals surface area contributed by atoms with Crippen LogP contribution in [0.2, 0.25) is 0 Å². The summed E-state index contributed by atoms with van der Waals surface area (Å²) in [6, 6.07) is 15.9. The average molecular weight is 529 g/mol. The van der Waals surface area contributed by atoms with E-state index in [1.54, 1.807) is 12.3 Å². The van der Waals surface area contributed by atoms with E-state index in [9.17, 15) is 9.18 Å². The molecule has 3 aromatic rings. The summed E-state index contributed by atoms with van der Waals surface area (Å²) in [4.78, 5) is 14.4. The molecule has 1 heterocycles. The van der Waals surface area contributed by atoms with Crippen molar-refractivity contribution in [3.8, 4) is 11.1 Å². The summed E-state index contributed by atoms with van der Waals surface area (Å²) in [7, 11) is 0. The van der Waals surface area contributed by atoms with E-state index in [0.717, 1.165) is 22.0 Å². The van der Waals surface area contributed by atoms with Crippen LogP contribution >= 0.6 is 0 Å². The molecule has 0 amide bonds. The number of para-hydroxylation sites is 1. The molecule has 26 heavy (non-hydrogen) atoms. The van der Waals surface area contributed by atoms with Gasteiger partial charge < -0.3 is 5.11 Å². The van der Waals surface area contributed by atoms with E-state index in [-0.39, 0.29) is 37.5 Å². The zero-order chi connectivity index (χ0) is 18.4. The Morgan fingerprint density at radius 1 is 1.23 bits per heavy atom. The Bertz CT molecular complexity index is 929. The van der Waals surface area contributed by atoms with Crippen LogP contribution < -0.4 is 0 Å². The molecule has 0 fully saturated rings. The van der Waals surface area contributed by atoms with Gasteiger partial charge in [-0.25, -0.2) is 0 Å². The molecular weight excluding hydrogens is 509 g/mol. The smallest absolute Gasteiger partial charge is 0.155 e. The number of hydrogen-bond donors (Lipinski definition) is 1. The van der Waals surface area contributed by atoms with E-state index in [1.165, 1.54) is 26.0 Å². The van der Waals surface area contributed by atoms with Crippen molar-refractivity contribution in [2.45, 2.75) is 20.8 Å². The number of aryl methyl sites for hydroxylation is 1. The van der Waals surface area contributed by atoms with Gasteiger partial charge in [0.2, 0.25) is 0 Å². The molecule has 0 spiro atoms. The first-order valence-corrected chi connectivity index (χ1v) is 7.78. The fraction of sp³-hybridized carbons (Fsp3) is 0.143. The molecule has 3 rings (SSSR count). The second-order valence-electron chi connectivity index (χ2n) is 5.68. The zero-order valence-corrected chi connectivity index (χ0v) is 17.1. The van der Waals surface area contributed by atoms with Crippen molar-refractivity contribution in [3.05, 3.63) is 77.9 Å². The average Bonchev–Trinajstić information content (AvgIpc) is 2.54. The summed E-state index contributed by atoms with van der Waals surface area (Å²) in [5.74, 6) is -0.319. The topological polar surface area (TPSA) is 50.2 Å². The van der Waals surface area contributed by atoms with Crippen LogP contribution in [-0.4, -0.2) is 15.9 Å². The van der Waals surface area contributed by atoms with Gasteiger partial charge in [-0.1, -0.05) is 36.8 Å². The SMILES string of the molecule is CC(=O)/C=C(/C)O.Cc1c[c-]c(-c2cccc3cccnc23)c(F)c1.[Ir]. The molecule has 0 aliphatic heterocycles. The first kappa shape index (κ1) is 21.7. The van der Waals surface area contributed by atoms with E-state index in [4.69, 9.17) is 5.11 Å². The molecule has 5 heteroatoms. The minimum atomic E-state index is -0.256. The van der Waals surface area contributed by atoms with E-state index >= 15 is 0 Å². The first-order chi connectivity index (χ1) is 11.9. The Labute approximate surface area is 165 Å². The maximum absolute atomic E-state index is 14.0. The van der Waals surface area contributed by atoms with Crippen molar-refractivity contribution >= 4 is 16.7 Å². The summed E-state index contributed by atoms with van der Waals surface area (Å²) in [6.07, 6.45) is 2.89. The Morgan fingerprint density at radius 3 is 2.50 bits per heavy atom. The quantitative estimate of drug-likeness (QED) is 0.283. The first-order valence-electron chi connectivity index (χ1n) is 7.78. The normalized spacial score (nSPS) is 10.5. The maximum Gasteiger partial charge on any atom is 0.155 e. The Balaban J connectivity index is 0.000000366. The molecule has 0 saturated carbocycles. The number of carbonyl (C=O) groups is 1. The van der Waals surface area contributed by atoms with Gasteiger partial charge in [0, 0.05) is 43.7 Å². The van der Waals surface area contributed by atoms with Gasteiger partial charge in [0.1, 0.15) is 0 Å². The van der Waals surface area contributed by atoms with Gasteiger partial charge in [-0.3, -0.25) is 14.2 Å². The Hall–Kier alpha value is -2.36. The van der Waals surface area contributed by atoms with Crippen LogP contribution in [0.15, 0.2) is 60.5 Å². The molecule has 0 unspecified atom stereocenters. The molecule has 0 saturated heterocycles. The van der Waals surface area contributed by atoms with Crippen LogP contribution in [0.5, 0.6) is 0 Å². The third-order valence-electron chi connectivity index (χ3n) is 3.35. The number of fused-ring (bicyclic) bond motifs is 1. The molecule has 0 atom stereocenters. The molecule has 3 nitrogen and oxygen atoms in total. The number of aliphatic hydroxyl groups is 1. The molecular formula is C21H19FIrNO2-. The van der Waals surface area contributed by atoms with Crippen molar-refractivity contribution in [3.63, 3.8) is 0 Å². The van der Waals surface area contributed by atoms with E-state index in [1.807, 2.05) is 37.3 Å². The molecule has 2 aromatic carbocycles. The number of nitrogens with zero attached hydrogens (tertiary/aromatic N) is 1. The van der Waals surface area contributed by atoms with Crippen LogP contribution in [0.4, 0.5) is 4.39 Å². The maximum atomic E-state index is 14.0. The third kappa shape index (κ3) is 5.87. The monoisotopic (exact) mass is 529 g/mol. The van der Waals surface area contributed by atoms with Crippen LogP contribution in [0.25, 0.3) is 22.0 Å². The predicted octanol–water partition coefficient (Wildman–Crippen LogP) is 5.18. The van der Waals surface area contributed by atoms with Crippen LogP contribution in [0.1, 0.15) is 19.4 Å². The van der Waals surface area contributed by atoms with Gasteiger partial charge >= 0.3 is 0 Å². The number of carbonyl (C=O) groups excluding carboxylic acids is 1. The summed E-state index contributed by atoms with van der Waals surface area (Å²) in [6.45, 7) is 4.70. The standard InChI is InChI=1S/C16H11FN.C5H8O2.Ir/c1-11-7-8-13(15(17)10-11)14-6-2-4-12-5-3-9-18-16(12)14;1-4(6)3-5(2)7;/h2-7,9-10H,1H3;3,6H,1-2H3;/q-1;;/b;4-3-;. The molecule has 1 aromatic heterocycles. The van der Waals surface area contributed by atoms with Crippen molar-refractivity contribution < 1.29 is 34.4 Å². The zero-order valence-electron chi connectivity index (χ0n) is 14.7. The fourth-order valence-electron chi connectivity index (χ4n) is 2.38. The minimum absolute atomic E-state index is 0. The number of rotatable bonds is 2. The summed E-state index contributed by atoms with van der Waals surface area (Å²) in [5, 5.41) is 9.37. The number of aliphatic hydroxyl groups excluding tert-OH is 1. The number of hydrogen-bond acceptors (Lipinski definition) is 3. The van der Waals surface area contributed by atoms with Gasteiger partial charge in [-0.05, 0) is 25.3 Å². The summed E-state index contributed by atoms with van der Waals surface area (Å²) < 4.78 is 14.0. The van der Waals surface area contributed by atoms with Crippen molar-refractivity contribution in [2.24, 2.45) is 0 Å². The summed E-state index contributed by atoms with van der Waals surface area (Å²) in [5.41, 5.74) is 2.93. The molecule has 0 bridgehead atoms. The van der Waals surface area contributed by atoms with E-state index in [0.29, 0.717) is 5.56 Å². The number of benzene rings is 2. The Morgan fingerprint density at radius 2 is 1.92 bits per heavy atom. The number of pyridine rings is 1. The second kappa shape index (κ2) is 9.95. The minimum Gasteiger partial charge on any atom is -0.512 e. The van der Waals surface area contributed by atoms with Crippen molar-refractivity contribution in [2.75, 3.05) is 0 Å². The molecule has 137 valence electrons. The summed E-state index contributed by atoms with van der Waals surface area (Å²) >= 11 is 0. The molecule has 1 N–H and O–H groups in total. The second-order valence-corrected chi connectivity index (χ2v) is 5.68. The molecule has 1 radical (unpaired) electrons. The molecule has 0 aliphatic carbocycles. The van der Waals surface area contributed by atoms with Crippen LogP contribution in [0.3, 0.4) is 0 Å². The third-order valence-corrected chi connectivity index (χ3v) is 3.35. The van der Waals surface area contributed by atoms with Gasteiger partial charge in [-0.15, -0.1) is 29.3 Å². The molecule has 0 aliphatic rings. The van der Waals surface area contributed by atoms with Crippen LogP contribution in [0, 0.1) is 18.8 Å². The van der Waals surface area contributed by atoms with Gasteiger partial charge in [0.25, 0.3) is 0 Å². The van der Waals surface area contributed by atoms with Gasteiger partial charge in [0.15, 0.2) is 5.78 Å². The van der Waals surface area contributed by atoms with Crippen molar-refractivity contribution in [1.29, 1.82) is 0 Å². The largest absolute Gasteiger partial charge is 0.512 e. The van der Waals surface area contributed by atoms with E-state index < -0.39 is 0 Å². The predicted molar refractivity (Wildman–Crippen MR) is 97.8 cm³/mol. The van der Waals surface area contributed by atoms with E-state index in [2.05, 4.69) is 11.1 Å². The van der Waals surface area contributed by atoms with Gasteiger partial charge in [-0.2, -0.15) is 0 Å².